The Balaban J connectivity index is 3.09. The summed E-state index contributed by atoms with van der Waals surface area (Å²) in [5, 5.41) is 4.61. The lowest BCUT2D eigenvalue weighted by molar-refractivity contribution is 0.204. The van der Waals surface area contributed by atoms with E-state index in [1.165, 1.54) is 11.4 Å². The Kier molecular flexibility index (Phi) is 7.18. The minimum atomic E-state index is 0.190. The molecule has 0 radical (unpaired) electrons. The van der Waals surface area contributed by atoms with Crippen molar-refractivity contribution in [2.75, 3.05) is 31.7 Å². The van der Waals surface area contributed by atoms with Crippen LogP contribution in [0.25, 0.3) is 0 Å². The van der Waals surface area contributed by atoms with Gasteiger partial charge in [0.15, 0.2) is 0 Å². The predicted octanol–water partition coefficient (Wildman–Crippen LogP) is 2.12. The van der Waals surface area contributed by atoms with E-state index in [1.54, 1.807) is 7.11 Å². The Hall–Kier alpha value is -1.07. The fourth-order valence-electron chi connectivity index (χ4n) is 2.66. The number of methoxy groups -OCH3 is 1. The maximum atomic E-state index is 6.17. The molecule has 0 aliphatic carbocycles. The van der Waals surface area contributed by atoms with Gasteiger partial charge in [-0.1, -0.05) is 20.8 Å². The van der Waals surface area contributed by atoms with E-state index in [-0.39, 0.29) is 6.04 Å². The lowest BCUT2D eigenvalue weighted by Crippen LogP contribution is -2.34. The fraction of sp³-hybridized carbons (Fsp3) is 0.812. The summed E-state index contributed by atoms with van der Waals surface area (Å²) in [6.45, 7) is 11.3. The van der Waals surface area contributed by atoms with Crippen LogP contribution >= 0.6 is 0 Å². The fourth-order valence-corrected chi connectivity index (χ4v) is 2.66. The van der Waals surface area contributed by atoms with Gasteiger partial charge in [-0.3, -0.25) is 4.68 Å². The van der Waals surface area contributed by atoms with Crippen molar-refractivity contribution in [3.05, 3.63) is 11.3 Å². The smallest absolute Gasteiger partial charge is 0.130 e. The third-order valence-electron chi connectivity index (χ3n) is 3.75. The zero-order valence-electron chi connectivity index (χ0n) is 14.5. The van der Waals surface area contributed by atoms with Crippen LogP contribution in [0.5, 0.6) is 0 Å². The van der Waals surface area contributed by atoms with Crippen LogP contribution in [0.2, 0.25) is 0 Å². The highest BCUT2D eigenvalue weighted by Gasteiger charge is 2.21. The number of nitrogens with two attached hydrogens (primary N) is 1. The first-order valence-corrected chi connectivity index (χ1v) is 7.92. The van der Waals surface area contributed by atoms with Crippen LogP contribution in [0.15, 0.2) is 0 Å². The van der Waals surface area contributed by atoms with Gasteiger partial charge >= 0.3 is 0 Å². The molecule has 1 rings (SSSR count). The van der Waals surface area contributed by atoms with Crippen molar-refractivity contribution in [2.45, 2.75) is 46.6 Å². The number of hydrogen-bond acceptors (Lipinski definition) is 4. The third kappa shape index (κ3) is 5.00. The summed E-state index contributed by atoms with van der Waals surface area (Å²) in [5.41, 5.74) is 8.54. The van der Waals surface area contributed by atoms with Crippen LogP contribution in [-0.4, -0.2) is 42.6 Å². The number of hydrogen-bond donors (Lipinski definition) is 1. The van der Waals surface area contributed by atoms with E-state index in [2.05, 4.69) is 37.7 Å². The van der Waals surface area contributed by atoms with E-state index in [0.717, 1.165) is 38.2 Å². The molecule has 1 heterocycles. The van der Waals surface area contributed by atoms with Gasteiger partial charge in [0.25, 0.3) is 0 Å². The van der Waals surface area contributed by atoms with E-state index in [4.69, 9.17) is 10.5 Å². The molecule has 122 valence electrons. The molecule has 0 aliphatic rings. The summed E-state index contributed by atoms with van der Waals surface area (Å²) in [6, 6.07) is 0.190. The molecule has 1 atom stereocenters. The van der Waals surface area contributed by atoms with Crippen molar-refractivity contribution in [3.63, 3.8) is 0 Å². The van der Waals surface area contributed by atoms with Crippen molar-refractivity contribution in [1.82, 2.24) is 9.78 Å². The zero-order valence-corrected chi connectivity index (χ0v) is 14.5. The van der Waals surface area contributed by atoms with Gasteiger partial charge < -0.3 is 15.4 Å². The molecule has 0 saturated heterocycles. The lowest BCUT2D eigenvalue weighted by Gasteiger charge is -2.28. The topological polar surface area (TPSA) is 56.3 Å². The molecule has 2 N–H and O–H groups in total. The van der Waals surface area contributed by atoms with Gasteiger partial charge in [-0.25, -0.2) is 0 Å². The molecule has 1 aromatic rings. The summed E-state index contributed by atoms with van der Waals surface area (Å²) in [5.74, 6) is 1.78. The van der Waals surface area contributed by atoms with Crippen molar-refractivity contribution in [1.29, 1.82) is 0 Å². The third-order valence-corrected chi connectivity index (χ3v) is 3.75. The summed E-state index contributed by atoms with van der Waals surface area (Å²) in [4.78, 5) is 2.38. The van der Waals surface area contributed by atoms with Crippen molar-refractivity contribution in [2.24, 2.45) is 18.7 Å². The molecule has 0 bridgehead atoms. The van der Waals surface area contributed by atoms with Crippen LogP contribution in [0, 0.1) is 12.8 Å². The molecule has 0 aliphatic heterocycles. The summed E-state index contributed by atoms with van der Waals surface area (Å²) >= 11 is 0. The number of rotatable bonds is 9. The second-order valence-electron chi connectivity index (χ2n) is 6.22. The highest BCUT2D eigenvalue weighted by Crippen LogP contribution is 2.25. The molecule has 0 spiro atoms. The number of ether oxygens (including phenoxy) is 1. The van der Waals surface area contributed by atoms with Gasteiger partial charge in [-0.2, -0.15) is 5.10 Å². The Bertz CT molecular complexity index is 428. The Morgan fingerprint density at radius 3 is 2.57 bits per heavy atom. The minimum absolute atomic E-state index is 0.190. The molecule has 21 heavy (non-hydrogen) atoms. The molecule has 0 fully saturated rings. The number of aromatic nitrogens is 2. The maximum absolute atomic E-state index is 6.17. The Morgan fingerprint density at radius 1 is 1.38 bits per heavy atom. The summed E-state index contributed by atoms with van der Waals surface area (Å²) in [7, 11) is 3.76. The average molecular weight is 296 g/mol. The van der Waals surface area contributed by atoms with Crippen molar-refractivity contribution < 1.29 is 4.74 Å². The van der Waals surface area contributed by atoms with Crippen molar-refractivity contribution in [3.8, 4) is 0 Å². The summed E-state index contributed by atoms with van der Waals surface area (Å²) in [6.07, 6.45) is 1.86. The van der Waals surface area contributed by atoms with E-state index in [9.17, 15) is 0 Å². The summed E-state index contributed by atoms with van der Waals surface area (Å²) < 4.78 is 7.26. The van der Waals surface area contributed by atoms with Crippen LogP contribution in [0.1, 0.15) is 38.4 Å². The lowest BCUT2D eigenvalue weighted by atomic mass is 10.0. The molecule has 0 saturated carbocycles. The molecular weight excluding hydrogens is 264 g/mol. The second kappa shape index (κ2) is 8.39. The van der Waals surface area contributed by atoms with Gasteiger partial charge in [0, 0.05) is 38.9 Å². The molecule has 5 heteroatoms. The van der Waals surface area contributed by atoms with Gasteiger partial charge in [0.1, 0.15) is 5.82 Å². The van der Waals surface area contributed by atoms with Crippen LogP contribution in [-0.2, 0) is 18.2 Å². The zero-order chi connectivity index (χ0) is 16.0. The van der Waals surface area contributed by atoms with Gasteiger partial charge in [-0.05, 0) is 25.7 Å². The molecular formula is C16H32N4O. The van der Waals surface area contributed by atoms with E-state index < -0.39 is 0 Å². The highest BCUT2D eigenvalue weighted by atomic mass is 16.5. The Labute approximate surface area is 129 Å². The molecule has 0 aromatic carbocycles. The molecule has 0 amide bonds. The second-order valence-corrected chi connectivity index (χ2v) is 6.22. The van der Waals surface area contributed by atoms with E-state index >= 15 is 0 Å². The van der Waals surface area contributed by atoms with Crippen LogP contribution in [0.3, 0.4) is 0 Å². The normalized spacial score (nSPS) is 13.0. The van der Waals surface area contributed by atoms with Gasteiger partial charge in [-0.15, -0.1) is 0 Å². The SMILES string of the molecule is CCC(N)Cc1c(C)nn(C)c1N(CCOC)CC(C)C. The average Bonchev–Trinajstić information content (AvgIpc) is 2.68. The molecule has 1 aromatic heterocycles. The largest absolute Gasteiger partial charge is 0.383 e. The monoisotopic (exact) mass is 296 g/mol. The van der Waals surface area contributed by atoms with Crippen LogP contribution in [0.4, 0.5) is 5.82 Å². The molecule has 1 unspecified atom stereocenters. The quantitative estimate of drug-likeness (QED) is 0.758. The molecule has 5 nitrogen and oxygen atoms in total. The maximum Gasteiger partial charge on any atom is 0.130 e. The van der Waals surface area contributed by atoms with Gasteiger partial charge in [0.2, 0.25) is 0 Å². The Morgan fingerprint density at radius 2 is 2.05 bits per heavy atom. The van der Waals surface area contributed by atoms with Gasteiger partial charge in [0.05, 0.1) is 12.3 Å². The van der Waals surface area contributed by atoms with Crippen molar-refractivity contribution >= 4 is 5.82 Å². The van der Waals surface area contributed by atoms with Crippen LogP contribution < -0.4 is 10.6 Å². The number of nitrogens with zero attached hydrogens (tertiary/aromatic N) is 3. The first-order chi connectivity index (χ1) is 9.90. The van der Waals surface area contributed by atoms with E-state index in [1.807, 2.05) is 11.7 Å². The van der Waals surface area contributed by atoms with E-state index in [0.29, 0.717) is 5.92 Å². The predicted molar refractivity (Wildman–Crippen MR) is 88.8 cm³/mol. The minimum Gasteiger partial charge on any atom is -0.383 e. The number of aryl methyl sites for hydroxylation is 2. The first-order valence-electron chi connectivity index (χ1n) is 7.92. The number of anilines is 1. The first kappa shape index (κ1) is 18.0. The standard InChI is InChI=1S/C16H32N4O/c1-7-14(17)10-15-13(4)18-19(5)16(15)20(8-9-21-6)11-12(2)3/h12,14H,7-11,17H2,1-6H3. The highest BCUT2D eigenvalue weighted by molar-refractivity contribution is 5.50.